The first-order chi connectivity index (χ1) is 5.27. The fraction of sp³-hybridized carbons (Fsp3) is 1.00. The van der Waals surface area contributed by atoms with E-state index in [1.54, 1.807) is 0 Å². The Morgan fingerprint density at radius 3 is 2.82 bits per heavy atom. The van der Waals surface area contributed by atoms with E-state index < -0.39 is 0 Å². The molecule has 0 bridgehead atoms. The lowest BCUT2D eigenvalue weighted by atomic mass is 10.1. The third kappa shape index (κ3) is 2.21. The maximum atomic E-state index is 2.52. The molecule has 0 aromatic carbocycles. The van der Waals surface area contributed by atoms with Crippen LogP contribution in [0.5, 0.6) is 0 Å². The van der Waals surface area contributed by atoms with E-state index >= 15 is 0 Å². The monoisotopic (exact) mass is 154 g/mol. The first-order valence-corrected chi connectivity index (χ1v) is 4.70. The van der Waals surface area contributed by atoms with Crippen LogP contribution in [0, 0.1) is 0 Å². The summed E-state index contributed by atoms with van der Waals surface area (Å²) >= 11 is 0. The van der Waals surface area contributed by atoms with Crippen LogP contribution in [0.3, 0.4) is 0 Å². The summed E-state index contributed by atoms with van der Waals surface area (Å²) < 4.78 is 0. The van der Waals surface area contributed by atoms with Crippen molar-refractivity contribution in [1.82, 2.24) is 9.80 Å². The topological polar surface area (TPSA) is 6.48 Å². The average Bonchev–Trinajstić information content (AvgIpc) is 2.50. The molecule has 1 fully saturated rings. The summed E-state index contributed by atoms with van der Waals surface area (Å²) in [4.78, 5) is 4.98. The molecule has 1 aliphatic rings. The fourth-order valence-corrected chi connectivity index (χ4v) is 1.72. The summed E-state index contributed by atoms with van der Waals surface area (Å²) in [5, 5.41) is 0. The molecular weight excluding hydrogens is 135 g/mol. The molecule has 0 aromatic rings. The molecule has 11 heavy (non-hydrogen) atoms. The lowest BCUT2D eigenvalue weighted by Gasteiger charge is -2.22. The summed E-state index contributed by atoms with van der Waals surface area (Å²) in [6.07, 6.45) is 2.54. The number of rotatable bonds is 3. The van der Waals surface area contributed by atoms with E-state index in [0.717, 1.165) is 6.04 Å². The molecule has 64 valence electrons. The second-order valence-corrected chi connectivity index (χ2v) is 3.41. The largest absolute Gasteiger partial charge is 0.310 e. The molecule has 1 rings (SSSR count). The standard InChI is InChI=1S/C8H19BN2/c1-3-11-5-4-8(6-11)10(2)7-9/h8H,3-7,9H2,1-2H3. The molecule has 0 spiro atoms. The molecule has 0 saturated carbocycles. The summed E-state index contributed by atoms with van der Waals surface area (Å²) in [5.74, 6) is 0. The highest BCUT2D eigenvalue weighted by molar-refractivity contribution is 6.08. The SMILES string of the molecule is BCN(C)C1CCN(CC)C1. The quantitative estimate of drug-likeness (QED) is 0.510. The van der Waals surface area contributed by atoms with Gasteiger partial charge in [-0.2, -0.15) is 0 Å². The zero-order chi connectivity index (χ0) is 8.27. The predicted molar refractivity (Wildman–Crippen MR) is 51.7 cm³/mol. The van der Waals surface area contributed by atoms with Crippen molar-refractivity contribution in [3.8, 4) is 0 Å². The highest BCUT2D eigenvalue weighted by Gasteiger charge is 2.22. The molecule has 1 atom stereocenters. The molecule has 1 heterocycles. The van der Waals surface area contributed by atoms with Gasteiger partial charge in [0.25, 0.3) is 0 Å². The lowest BCUT2D eigenvalue weighted by molar-refractivity contribution is 0.264. The molecule has 0 radical (unpaired) electrons. The molecule has 1 unspecified atom stereocenters. The van der Waals surface area contributed by atoms with Crippen LogP contribution in [0.1, 0.15) is 13.3 Å². The molecule has 1 saturated heterocycles. The minimum absolute atomic E-state index is 0.819. The van der Waals surface area contributed by atoms with E-state index in [-0.39, 0.29) is 0 Å². The van der Waals surface area contributed by atoms with Gasteiger partial charge in [-0.3, -0.25) is 0 Å². The molecule has 2 nitrogen and oxygen atoms in total. The second kappa shape index (κ2) is 4.12. The Balaban J connectivity index is 2.29. The van der Waals surface area contributed by atoms with Crippen molar-refractivity contribution in [2.75, 3.05) is 33.1 Å². The van der Waals surface area contributed by atoms with Gasteiger partial charge in [0.2, 0.25) is 0 Å². The zero-order valence-corrected chi connectivity index (χ0v) is 8.01. The predicted octanol–water partition coefficient (Wildman–Crippen LogP) is -0.397. The number of likely N-dealkylation sites (N-methyl/N-ethyl adjacent to an activating group) is 2. The van der Waals surface area contributed by atoms with Gasteiger partial charge >= 0.3 is 0 Å². The first kappa shape index (κ1) is 9.08. The van der Waals surface area contributed by atoms with Crippen LogP contribution >= 0.6 is 0 Å². The van der Waals surface area contributed by atoms with Crippen molar-refractivity contribution in [2.45, 2.75) is 19.4 Å². The summed E-state index contributed by atoms with van der Waals surface area (Å²) in [6, 6.07) is 0.819. The van der Waals surface area contributed by atoms with Gasteiger partial charge in [0, 0.05) is 12.6 Å². The number of hydrogen-bond acceptors (Lipinski definition) is 2. The average molecular weight is 154 g/mol. The molecule has 1 aliphatic heterocycles. The van der Waals surface area contributed by atoms with Crippen LogP contribution in [0.15, 0.2) is 0 Å². The van der Waals surface area contributed by atoms with Crippen molar-refractivity contribution in [1.29, 1.82) is 0 Å². The Bertz CT molecular complexity index is 119. The normalized spacial score (nSPS) is 26.6. The third-order valence-corrected chi connectivity index (χ3v) is 2.82. The van der Waals surface area contributed by atoms with E-state index in [9.17, 15) is 0 Å². The van der Waals surface area contributed by atoms with Gasteiger partial charge in [-0.15, -0.1) is 0 Å². The Morgan fingerprint density at radius 1 is 1.64 bits per heavy atom. The number of hydrogen-bond donors (Lipinski definition) is 0. The van der Waals surface area contributed by atoms with Crippen LogP contribution in [-0.4, -0.2) is 56.8 Å². The van der Waals surface area contributed by atoms with Crippen molar-refractivity contribution in [3.05, 3.63) is 0 Å². The molecule has 3 heteroatoms. The van der Waals surface area contributed by atoms with Crippen molar-refractivity contribution < 1.29 is 0 Å². The molecule has 0 aliphatic carbocycles. The van der Waals surface area contributed by atoms with Gasteiger partial charge in [0.15, 0.2) is 0 Å². The third-order valence-electron chi connectivity index (χ3n) is 2.82. The molecular formula is C8H19BN2. The van der Waals surface area contributed by atoms with E-state index in [2.05, 4.69) is 31.6 Å². The molecule has 0 aromatic heterocycles. The van der Waals surface area contributed by atoms with E-state index in [1.165, 1.54) is 32.5 Å². The van der Waals surface area contributed by atoms with Gasteiger partial charge in [-0.1, -0.05) is 6.92 Å². The Kier molecular flexibility index (Phi) is 3.40. The van der Waals surface area contributed by atoms with Crippen molar-refractivity contribution in [2.24, 2.45) is 0 Å². The highest BCUT2D eigenvalue weighted by Crippen LogP contribution is 2.12. The second-order valence-electron chi connectivity index (χ2n) is 3.41. The van der Waals surface area contributed by atoms with Gasteiger partial charge in [-0.05, 0) is 33.0 Å². The van der Waals surface area contributed by atoms with Crippen LogP contribution in [0.4, 0.5) is 0 Å². The van der Waals surface area contributed by atoms with E-state index in [0.29, 0.717) is 0 Å². The lowest BCUT2D eigenvalue weighted by Crippen LogP contribution is -2.35. The van der Waals surface area contributed by atoms with Gasteiger partial charge < -0.3 is 9.80 Å². The van der Waals surface area contributed by atoms with Crippen LogP contribution < -0.4 is 0 Å². The molecule has 0 N–H and O–H groups in total. The Morgan fingerprint density at radius 2 is 2.36 bits per heavy atom. The van der Waals surface area contributed by atoms with E-state index in [1.807, 2.05) is 0 Å². The van der Waals surface area contributed by atoms with Gasteiger partial charge in [-0.25, -0.2) is 0 Å². The van der Waals surface area contributed by atoms with Crippen LogP contribution in [0.25, 0.3) is 0 Å². The van der Waals surface area contributed by atoms with Crippen LogP contribution in [-0.2, 0) is 0 Å². The van der Waals surface area contributed by atoms with Gasteiger partial charge in [0.1, 0.15) is 7.85 Å². The van der Waals surface area contributed by atoms with Crippen molar-refractivity contribution in [3.63, 3.8) is 0 Å². The number of likely N-dealkylation sites (tertiary alicyclic amines) is 1. The van der Waals surface area contributed by atoms with Crippen LogP contribution in [0.2, 0.25) is 0 Å². The zero-order valence-electron chi connectivity index (χ0n) is 8.01. The van der Waals surface area contributed by atoms with Crippen molar-refractivity contribution >= 4 is 7.85 Å². The fourth-order valence-electron chi connectivity index (χ4n) is 1.72. The summed E-state index contributed by atoms with van der Waals surface area (Å²) in [7, 11) is 4.46. The maximum Gasteiger partial charge on any atom is 0.119 e. The highest BCUT2D eigenvalue weighted by atomic mass is 15.2. The first-order valence-electron chi connectivity index (χ1n) is 4.70. The Hall–Kier alpha value is -0.0151. The van der Waals surface area contributed by atoms with Gasteiger partial charge in [0.05, 0.1) is 0 Å². The van der Waals surface area contributed by atoms with E-state index in [4.69, 9.17) is 0 Å². The minimum atomic E-state index is 0.819. The number of nitrogens with zero attached hydrogens (tertiary/aromatic N) is 2. The molecule has 0 amide bonds. The smallest absolute Gasteiger partial charge is 0.119 e. The minimum Gasteiger partial charge on any atom is -0.310 e. The summed E-state index contributed by atoms with van der Waals surface area (Å²) in [5.41, 5.74) is 0. The Labute approximate surface area is 71.0 Å². The maximum absolute atomic E-state index is 2.52. The summed E-state index contributed by atoms with van der Waals surface area (Å²) in [6.45, 7) is 6.04.